The Hall–Kier alpha value is -1.31. The van der Waals surface area contributed by atoms with Gasteiger partial charge >= 0.3 is 0 Å². The quantitative estimate of drug-likeness (QED) is 0.838. The van der Waals surface area contributed by atoms with E-state index in [1.165, 1.54) is 6.26 Å². The van der Waals surface area contributed by atoms with E-state index in [4.69, 9.17) is 9.47 Å². The summed E-state index contributed by atoms with van der Waals surface area (Å²) in [5.74, 6) is 2.25. The minimum absolute atomic E-state index is 0.0725. The van der Waals surface area contributed by atoms with Gasteiger partial charge in [-0.25, -0.2) is 13.1 Å². The Morgan fingerprint density at radius 2 is 1.92 bits per heavy atom. The van der Waals surface area contributed by atoms with Gasteiger partial charge in [-0.2, -0.15) is 0 Å². The number of para-hydroxylation sites is 2. The highest BCUT2D eigenvalue weighted by Gasteiger charge is 2.26. The molecule has 134 valence electrons. The van der Waals surface area contributed by atoms with Gasteiger partial charge in [0.1, 0.15) is 12.7 Å². The number of nitrogens with zero attached hydrogens (tertiary/aromatic N) is 1. The van der Waals surface area contributed by atoms with Crippen LogP contribution in [-0.2, 0) is 10.0 Å². The van der Waals surface area contributed by atoms with Crippen LogP contribution in [0, 0.1) is 5.92 Å². The minimum Gasteiger partial charge on any atom is -0.486 e. The fraction of sp³-hybridized carbons (Fsp3) is 0.647. The number of hydrogen-bond donors (Lipinski definition) is 1. The van der Waals surface area contributed by atoms with Crippen molar-refractivity contribution < 1.29 is 17.9 Å². The summed E-state index contributed by atoms with van der Waals surface area (Å²) < 4.78 is 36.5. The highest BCUT2D eigenvalue weighted by atomic mass is 32.2. The molecular formula is C17H26N2O4S. The molecule has 1 aromatic carbocycles. The number of hydrogen-bond acceptors (Lipinski definition) is 5. The molecule has 0 amide bonds. The summed E-state index contributed by atoms with van der Waals surface area (Å²) in [6, 6.07) is 7.79. The Morgan fingerprint density at radius 3 is 2.62 bits per heavy atom. The SMILES string of the molecule is CS(=O)(=O)NCCC1CCN(CC2COc3ccccc3O2)CC1. The van der Waals surface area contributed by atoms with Gasteiger partial charge in [-0.3, -0.25) is 4.90 Å². The lowest BCUT2D eigenvalue weighted by atomic mass is 9.93. The monoisotopic (exact) mass is 354 g/mol. The van der Waals surface area contributed by atoms with Crippen LogP contribution in [0.15, 0.2) is 24.3 Å². The van der Waals surface area contributed by atoms with Crippen molar-refractivity contribution >= 4 is 10.0 Å². The van der Waals surface area contributed by atoms with Gasteiger partial charge in [0.05, 0.1) is 6.26 Å². The summed E-state index contributed by atoms with van der Waals surface area (Å²) in [6.07, 6.45) is 4.41. The van der Waals surface area contributed by atoms with Crippen molar-refractivity contribution in [1.82, 2.24) is 9.62 Å². The van der Waals surface area contributed by atoms with E-state index >= 15 is 0 Å². The molecule has 0 bridgehead atoms. The molecule has 24 heavy (non-hydrogen) atoms. The molecule has 0 radical (unpaired) electrons. The molecule has 0 spiro atoms. The molecule has 0 aromatic heterocycles. The van der Waals surface area contributed by atoms with Crippen molar-refractivity contribution in [3.05, 3.63) is 24.3 Å². The Labute approximate surface area is 144 Å². The van der Waals surface area contributed by atoms with E-state index in [0.29, 0.717) is 19.1 Å². The number of fused-ring (bicyclic) bond motifs is 1. The van der Waals surface area contributed by atoms with Gasteiger partial charge in [-0.05, 0) is 50.4 Å². The number of ether oxygens (including phenoxy) is 2. The van der Waals surface area contributed by atoms with Gasteiger partial charge in [-0.15, -0.1) is 0 Å². The highest BCUT2D eigenvalue weighted by Crippen LogP contribution is 2.31. The van der Waals surface area contributed by atoms with Crippen LogP contribution >= 0.6 is 0 Å². The van der Waals surface area contributed by atoms with Crippen LogP contribution in [0.2, 0.25) is 0 Å². The maximum Gasteiger partial charge on any atom is 0.208 e. The van der Waals surface area contributed by atoms with Gasteiger partial charge in [0.25, 0.3) is 0 Å². The molecular weight excluding hydrogens is 328 g/mol. The molecule has 2 aliphatic heterocycles. The molecule has 1 N–H and O–H groups in total. The first-order valence-corrected chi connectivity index (χ1v) is 10.4. The average molecular weight is 354 g/mol. The second kappa shape index (κ2) is 7.72. The number of likely N-dealkylation sites (tertiary alicyclic amines) is 1. The lowest BCUT2D eigenvalue weighted by Gasteiger charge is -2.35. The molecule has 1 saturated heterocycles. The molecule has 2 aliphatic rings. The van der Waals surface area contributed by atoms with Crippen LogP contribution in [0.4, 0.5) is 0 Å². The topological polar surface area (TPSA) is 67.9 Å². The van der Waals surface area contributed by atoms with Gasteiger partial charge < -0.3 is 9.47 Å². The second-order valence-electron chi connectivity index (χ2n) is 6.70. The van der Waals surface area contributed by atoms with E-state index in [9.17, 15) is 8.42 Å². The maximum atomic E-state index is 11.1. The smallest absolute Gasteiger partial charge is 0.208 e. The van der Waals surface area contributed by atoms with Crippen molar-refractivity contribution in [3.8, 4) is 11.5 Å². The molecule has 1 atom stereocenters. The van der Waals surface area contributed by atoms with E-state index in [1.54, 1.807) is 0 Å². The van der Waals surface area contributed by atoms with Crippen LogP contribution in [0.5, 0.6) is 11.5 Å². The van der Waals surface area contributed by atoms with Crippen molar-refractivity contribution in [2.24, 2.45) is 5.92 Å². The Bertz CT molecular complexity index is 642. The molecule has 1 aromatic rings. The van der Waals surface area contributed by atoms with Crippen LogP contribution < -0.4 is 14.2 Å². The summed E-state index contributed by atoms with van der Waals surface area (Å²) in [5, 5.41) is 0. The lowest BCUT2D eigenvalue weighted by molar-refractivity contribution is 0.0473. The number of benzene rings is 1. The molecule has 6 nitrogen and oxygen atoms in total. The van der Waals surface area contributed by atoms with Crippen LogP contribution in [-0.4, -0.2) is 58.5 Å². The third-order valence-electron chi connectivity index (χ3n) is 4.65. The molecule has 3 rings (SSSR count). The zero-order chi connectivity index (χ0) is 17.0. The zero-order valence-electron chi connectivity index (χ0n) is 14.1. The maximum absolute atomic E-state index is 11.1. The fourth-order valence-electron chi connectivity index (χ4n) is 3.35. The number of piperidine rings is 1. The van der Waals surface area contributed by atoms with Crippen molar-refractivity contribution in [2.75, 3.05) is 39.0 Å². The summed E-state index contributed by atoms with van der Waals surface area (Å²) in [5.41, 5.74) is 0. The summed E-state index contributed by atoms with van der Waals surface area (Å²) >= 11 is 0. The van der Waals surface area contributed by atoms with E-state index in [2.05, 4.69) is 9.62 Å². The largest absolute Gasteiger partial charge is 0.486 e. The molecule has 7 heteroatoms. The third-order valence-corrected chi connectivity index (χ3v) is 5.38. The first-order chi connectivity index (χ1) is 11.5. The van der Waals surface area contributed by atoms with Gasteiger partial charge in [0, 0.05) is 13.1 Å². The zero-order valence-corrected chi connectivity index (χ0v) is 14.9. The standard InChI is InChI=1S/C17H26N2O4S/c1-24(20,21)18-9-6-14-7-10-19(11-8-14)12-15-13-22-16-4-2-3-5-17(16)23-15/h2-5,14-15,18H,6-13H2,1H3. The Kier molecular flexibility index (Phi) is 5.63. The molecule has 0 aliphatic carbocycles. The van der Waals surface area contributed by atoms with Gasteiger partial charge in [0.15, 0.2) is 11.5 Å². The highest BCUT2D eigenvalue weighted by molar-refractivity contribution is 7.88. The molecule has 2 heterocycles. The first kappa shape index (κ1) is 17.5. The predicted octanol–water partition coefficient (Wildman–Crippen LogP) is 1.48. The van der Waals surface area contributed by atoms with E-state index in [0.717, 1.165) is 50.4 Å². The summed E-state index contributed by atoms with van der Waals surface area (Å²) in [6.45, 7) is 4.08. The molecule has 1 unspecified atom stereocenters. The van der Waals surface area contributed by atoms with Crippen LogP contribution in [0.25, 0.3) is 0 Å². The van der Waals surface area contributed by atoms with Crippen LogP contribution in [0.1, 0.15) is 19.3 Å². The Balaban J connectivity index is 1.39. The summed E-state index contributed by atoms with van der Waals surface area (Å²) in [7, 11) is -3.07. The van der Waals surface area contributed by atoms with Gasteiger partial charge in [-0.1, -0.05) is 12.1 Å². The van der Waals surface area contributed by atoms with Crippen molar-refractivity contribution in [1.29, 1.82) is 0 Å². The van der Waals surface area contributed by atoms with E-state index in [-0.39, 0.29) is 6.10 Å². The molecule has 0 saturated carbocycles. The van der Waals surface area contributed by atoms with Crippen molar-refractivity contribution in [2.45, 2.75) is 25.4 Å². The second-order valence-corrected chi connectivity index (χ2v) is 8.53. The average Bonchev–Trinajstić information content (AvgIpc) is 2.55. The molecule has 1 fully saturated rings. The Morgan fingerprint density at radius 1 is 1.21 bits per heavy atom. The normalized spacial score (nSPS) is 22.5. The first-order valence-electron chi connectivity index (χ1n) is 8.55. The number of rotatable bonds is 6. The minimum atomic E-state index is -3.07. The van der Waals surface area contributed by atoms with Crippen molar-refractivity contribution in [3.63, 3.8) is 0 Å². The van der Waals surface area contributed by atoms with Crippen LogP contribution in [0.3, 0.4) is 0 Å². The van der Waals surface area contributed by atoms with Gasteiger partial charge in [0.2, 0.25) is 10.0 Å². The third kappa shape index (κ3) is 5.09. The fourth-order valence-corrected chi connectivity index (χ4v) is 3.84. The van der Waals surface area contributed by atoms with E-state index in [1.807, 2.05) is 24.3 Å². The lowest BCUT2D eigenvalue weighted by Crippen LogP contribution is -2.44. The van der Waals surface area contributed by atoms with E-state index < -0.39 is 10.0 Å². The number of sulfonamides is 1. The predicted molar refractivity (Wildman–Crippen MR) is 93.0 cm³/mol. The number of nitrogens with one attached hydrogen (secondary N) is 1. The summed E-state index contributed by atoms with van der Waals surface area (Å²) in [4.78, 5) is 2.42.